The molecule has 2 rings (SSSR count). The summed E-state index contributed by atoms with van der Waals surface area (Å²) in [5, 5.41) is 4.09. The van der Waals surface area contributed by atoms with Crippen LogP contribution in [0, 0.1) is 0 Å². The Morgan fingerprint density at radius 3 is 3.09 bits per heavy atom. The second-order valence-corrected chi connectivity index (χ2v) is 2.10. The van der Waals surface area contributed by atoms with Crippen molar-refractivity contribution in [3.8, 4) is 0 Å². The normalized spacial score (nSPS) is 14.7. The lowest BCUT2D eigenvalue weighted by molar-refractivity contribution is 0.0800. The maximum absolute atomic E-state index is 5.19. The zero-order chi connectivity index (χ0) is 8.10. The second kappa shape index (κ2) is 4.13. The molecule has 0 fully saturated rings. The van der Waals surface area contributed by atoms with E-state index in [0.717, 1.165) is 19.8 Å². The summed E-state index contributed by atoms with van der Waals surface area (Å²) in [6.45, 7) is 6.43. The largest absolute Gasteiger partial charge is 0.373 e. The van der Waals surface area contributed by atoms with Crippen molar-refractivity contribution in [1.29, 1.82) is 0 Å². The molecule has 1 aliphatic rings. The molecule has 3 nitrogen and oxygen atoms in total. The molecule has 0 saturated heterocycles. The highest BCUT2D eigenvalue weighted by Gasteiger charge is 2.06. The molecule has 0 spiro atoms. The standard InChI is InChI=1S/C6H8N2O.C2H6/c1-2-7-8-3-4-9-5-6(1)8;1-2/h1-2H,3-5H2;1-2H3. The van der Waals surface area contributed by atoms with Crippen molar-refractivity contribution in [3.63, 3.8) is 0 Å². The number of hydrogen-bond donors (Lipinski definition) is 0. The van der Waals surface area contributed by atoms with E-state index in [9.17, 15) is 0 Å². The molecular weight excluding hydrogens is 140 g/mol. The van der Waals surface area contributed by atoms with Gasteiger partial charge in [0.15, 0.2) is 0 Å². The molecule has 0 aliphatic carbocycles. The van der Waals surface area contributed by atoms with E-state index in [2.05, 4.69) is 5.10 Å². The van der Waals surface area contributed by atoms with Gasteiger partial charge in [-0.1, -0.05) is 13.8 Å². The summed E-state index contributed by atoms with van der Waals surface area (Å²) >= 11 is 0. The molecule has 1 aromatic heterocycles. The predicted octanol–water partition coefficient (Wildman–Crippen LogP) is 1.44. The Hall–Kier alpha value is -0.830. The molecule has 62 valence electrons. The van der Waals surface area contributed by atoms with Crippen LogP contribution in [0.1, 0.15) is 19.5 Å². The molecule has 0 radical (unpaired) electrons. The molecule has 1 aromatic rings. The highest BCUT2D eigenvalue weighted by molar-refractivity contribution is 4.99. The monoisotopic (exact) mass is 154 g/mol. The molecular formula is C8H14N2O. The van der Waals surface area contributed by atoms with Gasteiger partial charge >= 0.3 is 0 Å². The smallest absolute Gasteiger partial charge is 0.0885 e. The fraction of sp³-hybridized carbons (Fsp3) is 0.625. The van der Waals surface area contributed by atoms with Crippen molar-refractivity contribution < 1.29 is 4.74 Å². The minimum absolute atomic E-state index is 0.722. The molecule has 0 bridgehead atoms. The molecule has 1 aliphatic heterocycles. The Labute approximate surface area is 67.0 Å². The van der Waals surface area contributed by atoms with E-state index in [0.29, 0.717) is 0 Å². The highest BCUT2D eigenvalue weighted by Crippen LogP contribution is 2.05. The van der Waals surface area contributed by atoms with Crippen LogP contribution in [0.3, 0.4) is 0 Å². The van der Waals surface area contributed by atoms with Crippen LogP contribution in [-0.2, 0) is 17.9 Å². The van der Waals surface area contributed by atoms with Crippen molar-refractivity contribution in [3.05, 3.63) is 18.0 Å². The van der Waals surface area contributed by atoms with E-state index >= 15 is 0 Å². The van der Waals surface area contributed by atoms with E-state index in [1.807, 2.05) is 30.8 Å². The summed E-state index contributed by atoms with van der Waals surface area (Å²) in [7, 11) is 0. The lowest BCUT2D eigenvalue weighted by Crippen LogP contribution is -2.16. The van der Waals surface area contributed by atoms with Crippen molar-refractivity contribution >= 4 is 0 Å². The third kappa shape index (κ3) is 1.80. The lowest BCUT2D eigenvalue weighted by atomic mass is 10.4. The average Bonchev–Trinajstić information content (AvgIpc) is 2.55. The minimum Gasteiger partial charge on any atom is -0.373 e. The number of ether oxygens (including phenoxy) is 1. The maximum atomic E-state index is 5.19. The molecule has 0 N–H and O–H groups in total. The van der Waals surface area contributed by atoms with Crippen LogP contribution in [0.5, 0.6) is 0 Å². The van der Waals surface area contributed by atoms with Gasteiger partial charge in [-0.3, -0.25) is 4.68 Å². The van der Waals surface area contributed by atoms with Crippen molar-refractivity contribution in [1.82, 2.24) is 9.78 Å². The van der Waals surface area contributed by atoms with Crippen LogP contribution in [0.15, 0.2) is 12.3 Å². The van der Waals surface area contributed by atoms with Gasteiger partial charge in [-0.25, -0.2) is 0 Å². The first-order valence-electron chi connectivity index (χ1n) is 4.05. The van der Waals surface area contributed by atoms with Gasteiger partial charge in [-0.15, -0.1) is 0 Å². The van der Waals surface area contributed by atoms with Gasteiger partial charge in [-0.05, 0) is 6.07 Å². The average molecular weight is 154 g/mol. The molecule has 0 atom stereocenters. The molecule has 2 heterocycles. The fourth-order valence-electron chi connectivity index (χ4n) is 1.01. The minimum atomic E-state index is 0.722. The van der Waals surface area contributed by atoms with Crippen LogP contribution >= 0.6 is 0 Å². The Morgan fingerprint density at radius 1 is 1.55 bits per heavy atom. The van der Waals surface area contributed by atoms with Crippen molar-refractivity contribution in [2.24, 2.45) is 0 Å². The summed E-state index contributed by atoms with van der Waals surface area (Å²) in [6, 6.07) is 1.99. The molecule has 0 amide bonds. The predicted molar refractivity (Wildman–Crippen MR) is 43.2 cm³/mol. The quantitative estimate of drug-likeness (QED) is 0.565. The summed E-state index contributed by atoms with van der Waals surface area (Å²) in [4.78, 5) is 0. The maximum Gasteiger partial charge on any atom is 0.0885 e. The van der Waals surface area contributed by atoms with Crippen molar-refractivity contribution in [2.45, 2.75) is 27.0 Å². The van der Waals surface area contributed by atoms with E-state index in [-0.39, 0.29) is 0 Å². The number of nitrogens with zero attached hydrogens (tertiary/aromatic N) is 2. The Bertz CT molecular complexity index is 187. The molecule has 3 heteroatoms. The number of hydrogen-bond acceptors (Lipinski definition) is 2. The summed E-state index contributed by atoms with van der Waals surface area (Å²) in [6.07, 6.45) is 1.81. The van der Waals surface area contributed by atoms with Crippen LogP contribution in [-0.4, -0.2) is 16.4 Å². The summed E-state index contributed by atoms with van der Waals surface area (Å²) in [5.74, 6) is 0. The third-order valence-electron chi connectivity index (χ3n) is 1.50. The van der Waals surface area contributed by atoms with E-state index in [1.54, 1.807) is 0 Å². The van der Waals surface area contributed by atoms with E-state index in [1.165, 1.54) is 5.69 Å². The van der Waals surface area contributed by atoms with Crippen LogP contribution < -0.4 is 0 Å². The number of aromatic nitrogens is 2. The zero-order valence-corrected chi connectivity index (χ0v) is 7.08. The second-order valence-electron chi connectivity index (χ2n) is 2.10. The fourth-order valence-corrected chi connectivity index (χ4v) is 1.01. The summed E-state index contributed by atoms with van der Waals surface area (Å²) in [5.41, 5.74) is 1.18. The van der Waals surface area contributed by atoms with E-state index in [4.69, 9.17) is 4.74 Å². The third-order valence-corrected chi connectivity index (χ3v) is 1.50. The van der Waals surface area contributed by atoms with Gasteiger partial charge in [0.2, 0.25) is 0 Å². The first-order valence-corrected chi connectivity index (χ1v) is 4.05. The Morgan fingerprint density at radius 2 is 2.36 bits per heavy atom. The van der Waals surface area contributed by atoms with Gasteiger partial charge in [0.25, 0.3) is 0 Å². The Kier molecular flexibility index (Phi) is 3.11. The zero-order valence-electron chi connectivity index (χ0n) is 7.08. The van der Waals surface area contributed by atoms with Gasteiger partial charge < -0.3 is 4.74 Å². The van der Waals surface area contributed by atoms with Gasteiger partial charge in [0.05, 0.1) is 25.5 Å². The topological polar surface area (TPSA) is 27.1 Å². The van der Waals surface area contributed by atoms with Crippen LogP contribution in [0.25, 0.3) is 0 Å². The number of rotatable bonds is 0. The highest BCUT2D eigenvalue weighted by atomic mass is 16.5. The van der Waals surface area contributed by atoms with Gasteiger partial charge in [0.1, 0.15) is 0 Å². The van der Waals surface area contributed by atoms with Crippen molar-refractivity contribution in [2.75, 3.05) is 6.61 Å². The molecule has 11 heavy (non-hydrogen) atoms. The molecule has 0 saturated carbocycles. The summed E-state index contributed by atoms with van der Waals surface area (Å²) < 4.78 is 7.17. The number of fused-ring (bicyclic) bond motifs is 1. The molecule has 0 aromatic carbocycles. The van der Waals surface area contributed by atoms with Crippen LogP contribution in [0.4, 0.5) is 0 Å². The van der Waals surface area contributed by atoms with Gasteiger partial charge in [-0.2, -0.15) is 5.10 Å². The van der Waals surface area contributed by atoms with E-state index < -0.39 is 0 Å². The van der Waals surface area contributed by atoms with Gasteiger partial charge in [0, 0.05) is 6.20 Å². The first-order chi connectivity index (χ1) is 5.47. The Balaban J connectivity index is 0.000000281. The first kappa shape index (κ1) is 8.27. The SMILES string of the molecule is CC.c1cc2n(n1)CCOC2. The molecule has 0 unspecified atom stereocenters. The van der Waals surface area contributed by atoms with Crippen LogP contribution in [0.2, 0.25) is 0 Å². The lowest BCUT2D eigenvalue weighted by Gasteiger charge is -2.12.